The third kappa shape index (κ3) is 3.03. The largest absolute Gasteiger partial charge is 0.337 e. The lowest BCUT2D eigenvalue weighted by Gasteiger charge is -2.35. The lowest BCUT2D eigenvalue weighted by molar-refractivity contribution is -0.120. The molecule has 0 radical (unpaired) electrons. The minimum Gasteiger partial charge on any atom is -0.337 e. The van der Waals surface area contributed by atoms with Crippen LogP contribution in [0, 0.1) is 0 Å². The molecule has 0 spiro atoms. The van der Waals surface area contributed by atoms with E-state index in [-0.39, 0.29) is 11.9 Å². The normalized spacial score (nSPS) is 19.3. The first-order chi connectivity index (χ1) is 10.7. The number of anilines is 1. The van der Waals surface area contributed by atoms with Crippen molar-refractivity contribution in [1.82, 2.24) is 24.8 Å². The van der Waals surface area contributed by atoms with Gasteiger partial charge in [-0.15, -0.1) is 11.3 Å². The maximum atomic E-state index is 12.5. The Kier molecular flexibility index (Phi) is 4.51. The second kappa shape index (κ2) is 6.55. The number of nitrogens with one attached hydrogen (secondary N) is 1. The van der Waals surface area contributed by atoms with E-state index < -0.39 is 0 Å². The number of amides is 1. The predicted octanol–water partition coefficient (Wildman–Crippen LogP) is 0.486. The Morgan fingerprint density at radius 1 is 1.50 bits per heavy atom. The zero-order chi connectivity index (χ0) is 15.5. The van der Waals surface area contributed by atoms with Gasteiger partial charge in [0.05, 0.1) is 12.6 Å². The summed E-state index contributed by atoms with van der Waals surface area (Å²) in [5, 5.41) is 5.99. The summed E-state index contributed by atoms with van der Waals surface area (Å²) < 4.78 is 2.01. The molecular weight excluding hydrogens is 300 g/mol. The summed E-state index contributed by atoms with van der Waals surface area (Å²) in [6.07, 6.45) is 5.45. The van der Waals surface area contributed by atoms with E-state index in [4.69, 9.17) is 0 Å². The fourth-order valence-electron chi connectivity index (χ4n) is 2.66. The number of aromatic nitrogens is 3. The van der Waals surface area contributed by atoms with E-state index in [1.807, 2.05) is 23.2 Å². The van der Waals surface area contributed by atoms with Crippen LogP contribution in [0.2, 0.25) is 0 Å². The smallest absolute Gasteiger partial charge is 0.242 e. The number of rotatable bonds is 4. The van der Waals surface area contributed by atoms with Crippen LogP contribution in [0.5, 0.6) is 0 Å². The zero-order valence-electron chi connectivity index (χ0n) is 12.8. The van der Waals surface area contributed by atoms with Gasteiger partial charge in [-0.25, -0.2) is 9.97 Å². The molecular formula is C14H20N6OS. The molecule has 1 atom stereocenters. The fraction of sp³-hybridized carbons (Fsp3) is 0.500. The quantitative estimate of drug-likeness (QED) is 0.888. The van der Waals surface area contributed by atoms with E-state index in [2.05, 4.69) is 20.2 Å². The van der Waals surface area contributed by atoms with Crippen LogP contribution in [0.25, 0.3) is 0 Å². The van der Waals surface area contributed by atoms with Crippen LogP contribution in [0.3, 0.4) is 0 Å². The molecule has 8 heteroatoms. The molecule has 1 saturated heterocycles. The number of hydrogen-bond donors (Lipinski definition) is 1. The van der Waals surface area contributed by atoms with Gasteiger partial charge in [-0.1, -0.05) is 0 Å². The van der Waals surface area contributed by atoms with Crippen LogP contribution in [0.15, 0.2) is 24.0 Å². The van der Waals surface area contributed by atoms with E-state index in [1.165, 1.54) is 11.3 Å². The average Bonchev–Trinajstić information content (AvgIpc) is 3.18. The van der Waals surface area contributed by atoms with Crippen molar-refractivity contribution < 1.29 is 4.79 Å². The van der Waals surface area contributed by atoms with Crippen molar-refractivity contribution in [3.63, 3.8) is 0 Å². The summed E-state index contributed by atoms with van der Waals surface area (Å²) in [6, 6.07) is 0.113. The summed E-state index contributed by atoms with van der Waals surface area (Å²) in [6.45, 7) is 2.89. The van der Waals surface area contributed by atoms with Crippen LogP contribution >= 0.6 is 11.3 Å². The third-order valence-electron chi connectivity index (χ3n) is 3.93. The molecule has 2 aromatic heterocycles. The van der Waals surface area contributed by atoms with Crippen LogP contribution in [-0.4, -0.2) is 58.6 Å². The van der Waals surface area contributed by atoms with Crippen LogP contribution in [-0.2, 0) is 11.8 Å². The number of carbonyl (C=O) groups excluding carboxylic acids is 1. The van der Waals surface area contributed by atoms with Gasteiger partial charge in [-0.3, -0.25) is 14.6 Å². The highest BCUT2D eigenvalue weighted by Gasteiger charge is 2.29. The van der Waals surface area contributed by atoms with Gasteiger partial charge in [0, 0.05) is 57.7 Å². The standard InChI is InChI=1S/C14H20N6OS/c1-18-6-4-16-13(18)11-9-15-3-7-20(11)10-12(21)19(2)14-17-5-8-22-14/h4-6,8,11,15H,3,7,9-10H2,1-2H3. The monoisotopic (exact) mass is 320 g/mol. The van der Waals surface area contributed by atoms with Gasteiger partial charge in [0.2, 0.25) is 5.91 Å². The Labute approximate surface area is 133 Å². The topological polar surface area (TPSA) is 66.3 Å². The highest BCUT2D eigenvalue weighted by atomic mass is 32.1. The molecule has 7 nitrogen and oxygen atoms in total. The van der Waals surface area contributed by atoms with Crippen LogP contribution < -0.4 is 10.2 Å². The second-order valence-electron chi connectivity index (χ2n) is 5.35. The number of carbonyl (C=O) groups is 1. The Balaban J connectivity index is 1.72. The van der Waals surface area contributed by atoms with Crippen molar-refractivity contribution >= 4 is 22.4 Å². The van der Waals surface area contributed by atoms with Gasteiger partial charge < -0.3 is 9.88 Å². The highest BCUT2D eigenvalue weighted by Crippen LogP contribution is 2.21. The molecule has 0 aromatic carbocycles. The van der Waals surface area contributed by atoms with Crippen molar-refractivity contribution in [3.05, 3.63) is 29.8 Å². The van der Waals surface area contributed by atoms with Gasteiger partial charge in [0.25, 0.3) is 0 Å². The average molecular weight is 320 g/mol. The molecule has 118 valence electrons. The van der Waals surface area contributed by atoms with Gasteiger partial charge in [0.15, 0.2) is 5.13 Å². The first-order valence-corrected chi connectivity index (χ1v) is 8.13. The molecule has 1 aliphatic rings. The van der Waals surface area contributed by atoms with Crippen molar-refractivity contribution in [2.24, 2.45) is 7.05 Å². The first kappa shape index (κ1) is 15.1. The number of imidazole rings is 1. The lowest BCUT2D eigenvalue weighted by Crippen LogP contribution is -2.50. The summed E-state index contributed by atoms with van der Waals surface area (Å²) in [7, 11) is 3.76. The molecule has 0 bridgehead atoms. The number of aryl methyl sites for hydroxylation is 1. The summed E-state index contributed by atoms with van der Waals surface area (Å²) in [5.74, 6) is 1.04. The fourth-order valence-corrected chi connectivity index (χ4v) is 3.28. The van der Waals surface area contributed by atoms with Gasteiger partial charge >= 0.3 is 0 Å². The minimum absolute atomic E-state index is 0.0519. The molecule has 1 fully saturated rings. The van der Waals surface area contributed by atoms with Crippen molar-refractivity contribution in [3.8, 4) is 0 Å². The number of piperazine rings is 1. The third-order valence-corrected chi connectivity index (χ3v) is 4.78. The molecule has 1 amide bonds. The maximum Gasteiger partial charge on any atom is 0.242 e. The SMILES string of the molecule is CN(C(=O)CN1CCNCC1c1nccn1C)c1nccs1. The zero-order valence-corrected chi connectivity index (χ0v) is 13.6. The second-order valence-corrected chi connectivity index (χ2v) is 6.23. The lowest BCUT2D eigenvalue weighted by atomic mass is 10.1. The Morgan fingerprint density at radius 3 is 3.05 bits per heavy atom. The Bertz CT molecular complexity index is 625. The van der Waals surface area contributed by atoms with Gasteiger partial charge in [-0.05, 0) is 0 Å². The van der Waals surface area contributed by atoms with E-state index in [0.717, 1.165) is 30.6 Å². The van der Waals surface area contributed by atoms with E-state index in [9.17, 15) is 4.79 Å². The van der Waals surface area contributed by atoms with E-state index in [0.29, 0.717) is 6.54 Å². The van der Waals surface area contributed by atoms with Crippen molar-refractivity contribution in [1.29, 1.82) is 0 Å². The number of hydrogen-bond acceptors (Lipinski definition) is 6. The van der Waals surface area contributed by atoms with Gasteiger partial charge in [0.1, 0.15) is 5.82 Å². The summed E-state index contributed by atoms with van der Waals surface area (Å²) >= 11 is 1.47. The minimum atomic E-state index is 0.0519. The molecule has 3 heterocycles. The highest BCUT2D eigenvalue weighted by molar-refractivity contribution is 7.13. The first-order valence-electron chi connectivity index (χ1n) is 7.25. The molecule has 1 aliphatic heterocycles. The molecule has 0 saturated carbocycles. The summed E-state index contributed by atoms with van der Waals surface area (Å²) in [5.41, 5.74) is 0. The Hall–Kier alpha value is -1.77. The molecule has 0 aliphatic carbocycles. The van der Waals surface area contributed by atoms with Crippen LogP contribution in [0.1, 0.15) is 11.9 Å². The Morgan fingerprint density at radius 2 is 2.36 bits per heavy atom. The summed E-state index contributed by atoms with van der Waals surface area (Å²) in [4.78, 5) is 25.0. The van der Waals surface area contributed by atoms with Crippen molar-refractivity contribution in [2.45, 2.75) is 6.04 Å². The number of nitrogens with zero attached hydrogens (tertiary/aromatic N) is 5. The predicted molar refractivity (Wildman–Crippen MR) is 85.9 cm³/mol. The van der Waals surface area contributed by atoms with Crippen molar-refractivity contribution in [2.75, 3.05) is 38.1 Å². The molecule has 3 rings (SSSR count). The van der Waals surface area contributed by atoms with Crippen LogP contribution in [0.4, 0.5) is 5.13 Å². The maximum absolute atomic E-state index is 12.5. The molecule has 1 unspecified atom stereocenters. The molecule has 22 heavy (non-hydrogen) atoms. The van der Waals surface area contributed by atoms with E-state index in [1.54, 1.807) is 24.3 Å². The van der Waals surface area contributed by atoms with Gasteiger partial charge in [-0.2, -0.15) is 0 Å². The molecule has 1 N–H and O–H groups in total. The number of likely N-dealkylation sites (N-methyl/N-ethyl adjacent to an activating group) is 1. The number of thiazole rings is 1. The van der Waals surface area contributed by atoms with E-state index >= 15 is 0 Å². The molecule has 2 aromatic rings.